The molecule has 0 unspecified atom stereocenters. The molecule has 1 N–H and O–H groups in total. The topological polar surface area (TPSA) is 59.0 Å². The van der Waals surface area contributed by atoms with Crippen LogP contribution in [0.1, 0.15) is 10.4 Å². The number of hydrogen-bond donors (Lipinski definition) is 1. The third-order valence-electron chi connectivity index (χ3n) is 2.37. The number of carbonyl (C=O) groups is 1. The summed E-state index contributed by atoms with van der Waals surface area (Å²) in [5, 5.41) is 10.9. The molecule has 0 radical (unpaired) electrons. The highest BCUT2D eigenvalue weighted by Crippen LogP contribution is 2.24. The summed E-state index contributed by atoms with van der Waals surface area (Å²) in [6.45, 7) is 2.27. The first-order chi connectivity index (χ1) is 8.16. The van der Waals surface area contributed by atoms with E-state index in [2.05, 4.69) is 15.9 Å². The van der Waals surface area contributed by atoms with E-state index in [9.17, 15) is 9.90 Å². The van der Waals surface area contributed by atoms with Gasteiger partial charge in [-0.25, -0.2) is 4.79 Å². The Balaban J connectivity index is 2.01. The minimum Gasteiger partial charge on any atom is -0.507 e. The van der Waals surface area contributed by atoms with Crippen molar-refractivity contribution in [1.29, 1.82) is 0 Å². The van der Waals surface area contributed by atoms with Gasteiger partial charge in [0.2, 0.25) is 0 Å². The smallest absolute Gasteiger partial charge is 0.357 e. The van der Waals surface area contributed by atoms with E-state index in [0.29, 0.717) is 36.3 Å². The van der Waals surface area contributed by atoms with E-state index in [-0.39, 0.29) is 5.75 Å². The lowest BCUT2D eigenvalue weighted by molar-refractivity contribution is -0.150. The number of phenolic OH excluding ortho intramolecular Hbond substituents is 1. The average molecular weight is 302 g/mol. The lowest BCUT2D eigenvalue weighted by Gasteiger charge is -2.24. The molecule has 0 aliphatic carbocycles. The molecule has 2 rings (SSSR count). The van der Waals surface area contributed by atoms with Gasteiger partial charge in [-0.2, -0.15) is 0 Å². The van der Waals surface area contributed by atoms with Gasteiger partial charge in [-0.3, -0.25) is 0 Å². The summed E-state index contributed by atoms with van der Waals surface area (Å²) >= 11 is 3.15. The van der Waals surface area contributed by atoms with Crippen LogP contribution in [-0.4, -0.2) is 42.4 Å². The second kappa shape index (κ2) is 5.48. The van der Waals surface area contributed by atoms with Gasteiger partial charge in [0, 0.05) is 0 Å². The van der Waals surface area contributed by atoms with Gasteiger partial charge in [-0.05, 0) is 34.1 Å². The molecule has 1 heterocycles. The quantitative estimate of drug-likeness (QED) is 0.898. The van der Waals surface area contributed by atoms with Gasteiger partial charge in [0.15, 0.2) is 0 Å². The standard InChI is InChI=1S/C11H12BrNO4/c12-9-7-8(1-2-10(9)14)11(15)17-13-3-5-16-6-4-13/h1-2,7,14H,3-6H2. The number of hydrogen-bond acceptors (Lipinski definition) is 5. The van der Waals surface area contributed by atoms with Gasteiger partial charge in [0.05, 0.1) is 36.3 Å². The normalized spacial score (nSPS) is 16.8. The minimum absolute atomic E-state index is 0.0907. The Morgan fingerprint density at radius 1 is 1.41 bits per heavy atom. The van der Waals surface area contributed by atoms with Crippen LogP contribution in [0.4, 0.5) is 0 Å². The number of hydroxylamine groups is 2. The van der Waals surface area contributed by atoms with Crippen molar-refractivity contribution in [3.05, 3.63) is 28.2 Å². The lowest BCUT2D eigenvalue weighted by Crippen LogP contribution is -2.37. The molecule has 0 saturated carbocycles. The zero-order chi connectivity index (χ0) is 12.3. The molecule has 0 amide bonds. The summed E-state index contributed by atoms with van der Waals surface area (Å²) in [5.74, 6) is -0.347. The summed E-state index contributed by atoms with van der Waals surface area (Å²) in [6.07, 6.45) is 0. The molecule has 1 saturated heterocycles. The third-order valence-corrected chi connectivity index (χ3v) is 3.00. The molecule has 92 valence electrons. The Bertz CT molecular complexity index is 418. The van der Waals surface area contributed by atoms with Crippen LogP contribution in [0.3, 0.4) is 0 Å². The van der Waals surface area contributed by atoms with Gasteiger partial charge in [0.1, 0.15) is 5.75 Å². The van der Waals surface area contributed by atoms with E-state index in [1.165, 1.54) is 18.2 Å². The van der Waals surface area contributed by atoms with Crippen molar-refractivity contribution in [2.24, 2.45) is 0 Å². The number of phenols is 1. The Hall–Kier alpha value is -1.11. The second-order valence-corrected chi connectivity index (χ2v) is 4.44. The van der Waals surface area contributed by atoms with Crippen LogP contribution < -0.4 is 0 Å². The summed E-state index contributed by atoms with van der Waals surface area (Å²) in [7, 11) is 0. The lowest BCUT2D eigenvalue weighted by atomic mass is 10.2. The van der Waals surface area contributed by atoms with Crippen molar-refractivity contribution in [1.82, 2.24) is 5.06 Å². The largest absolute Gasteiger partial charge is 0.507 e. The third kappa shape index (κ3) is 3.18. The van der Waals surface area contributed by atoms with Crippen molar-refractivity contribution in [2.75, 3.05) is 26.3 Å². The number of benzene rings is 1. The van der Waals surface area contributed by atoms with Crippen LogP contribution in [-0.2, 0) is 9.57 Å². The van der Waals surface area contributed by atoms with E-state index in [1.807, 2.05) is 0 Å². The van der Waals surface area contributed by atoms with Crippen LogP contribution in [0.5, 0.6) is 5.75 Å². The van der Waals surface area contributed by atoms with Crippen molar-refractivity contribution < 1.29 is 19.5 Å². The van der Waals surface area contributed by atoms with Crippen LogP contribution in [0.2, 0.25) is 0 Å². The number of morpholine rings is 1. The molecule has 1 fully saturated rings. The maximum Gasteiger partial charge on any atom is 0.357 e. The van der Waals surface area contributed by atoms with Crippen LogP contribution in [0, 0.1) is 0 Å². The number of ether oxygens (including phenoxy) is 1. The summed E-state index contributed by atoms with van der Waals surface area (Å²) in [6, 6.07) is 4.49. The fourth-order valence-electron chi connectivity index (χ4n) is 1.44. The number of nitrogens with zero attached hydrogens (tertiary/aromatic N) is 1. The number of carbonyl (C=O) groups excluding carboxylic acids is 1. The van der Waals surface area contributed by atoms with Gasteiger partial charge in [-0.15, -0.1) is 5.06 Å². The van der Waals surface area contributed by atoms with E-state index in [1.54, 1.807) is 5.06 Å². The van der Waals surface area contributed by atoms with Crippen LogP contribution in [0.25, 0.3) is 0 Å². The minimum atomic E-state index is -0.437. The molecule has 0 spiro atoms. The van der Waals surface area contributed by atoms with E-state index in [4.69, 9.17) is 9.57 Å². The molecule has 0 aromatic heterocycles. The van der Waals surface area contributed by atoms with Gasteiger partial charge < -0.3 is 14.7 Å². The van der Waals surface area contributed by atoms with Crippen LogP contribution in [0.15, 0.2) is 22.7 Å². The molecular formula is C11H12BrNO4. The Kier molecular flexibility index (Phi) is 3.98. The molecule has 5 nitrogen and oxygen atoms in total. The maximum atomic E-state index is 11.8. The monoisotopic (exact) mass is 301 g/mol. The highest BCUT2D eigenvalue weighted by molar-refractivity contribution is 9.10. The zero-order valence-corrected chi connectivity index (χ0v) is 10.6. The number of aromatic hydroxyl groups is 1. The molecular weight excluding hydrogens is 290 g/mol. The Morgan fingerprint density at radius 3 is 2.76 bits per heavy atom. The van der Waals surface area contributed by atoms with Gasteiger partial charge in [0.25, 0.3) is 0 Å². The fourth-order valence-corrected chi connectivity index (χ4v) is 1.82. The first-order valence-electron chi connectivity index (χ1n) is 5.20. The number of halogens is 1. The highest BCUT2D eigenvalue weighted by Gasteiger charge is 2.17. The van der Waals surface area contributed by atoms with Crippen molar-refractivity contribution in [3.63, 3.8) is 0 Å². The van der Waals surface area contributed by atoms with Crippen LogP contribution >= 0.6 is 15.9 Å². The van der Waals surface area contributed by atoms with Crippen molar-refractivity contribution >= 4 is 21.9 Å². The summed E-state index contributed by atoms with van der Waals surface area (Å²) < 4.78 is 5.61. The van der Waals surface area contributed by atoms with Gasteiger partial charge in [-0.1, -0.05) is 0 Å². The van der Waals surface area contributed by atoms with Crippen molar-refractivity contribution in [2.45, 2.75) is 0 Å². The predicted molar refractivity (Wildman–Crippen MR) is 63.6 cm³/mol. The molecule has 0 bridgehead atoms. The number of rotatable bonds is 2. The summed E-state index contributed by atoms with van der Waals surface area (Å²) in [5.41, 5.74) is 0.390. The Labute approximate surface area is 107 Å². The molecule has 6 heteroatoms. The molecule has 1 aliphatic rings. The molecule has 1 aliphatic heterocycles. The first kappa shape index (κ1) is 12.3. The summed E-state index contributed by atoms with van der Waals surface area (Å²) in [4.78, 5) is 17.0. The predicted octanol–water partition coefficient (Wildman–Crippen LogP) is 1.56. The molecule has 1 aromatic carbocycles. The fraction of sp³-hybridized carbons (Fsp3) is 0.364. The first-order valence-corrected chi connectivity index (χ1v) is 5.99. The molecule has 1 aromatic rings. The zero-order valence-electron chi connectivity index (χ0n) is 9.06. The van der Waals surface area contributed by atoms with E-state index in [0.717, 1.165) is 0 Å². The molecule has 17 heavy (non-hydrogen) atoms. The SMILES string of the molecule is O=C(ON1CCOCC1)c1ccc(O)c(Br)c1. The Morgan fingerprint density at radius 2 is 2.12 bits per heavy atom. The maximum absolute atomic E-state index is 11.8. The van der Waals surface area contributed by atoms with E-state index < -0.39 is 5.97 Å². The average Bonchev–Trinajstić information content (AvgIpc) is 2.34. The van der Waals surface area contributed by atoms with Gasteiger partial charge >= 0.3 is 5.97 Å². The second-order valence-electron chi connectivity index (χ2n) is 3.59. The highest BCUT2D eigenvalue weighted by atomic mass is 79.9. The van der Waals surface area contributed by atoms with Crippen molar-refractivity contribution in [3.8, 4) is 5.75 Å². The molecule has 0 atom stereocenters. The van der Waals surface area contributed by atoms with E-state index >= 15 is 0 Å².